The molecular formula is C29H30F3N5O. The van der Waals surface area contributed by atoms with Crippen molar-refractivity contribution in [3.63, 3.8) is 0 Å². The molecule has 1 fully saturated rings. The summed E-state index contributed by atoms with van der Waals surface area (Å²) >= 11 is 0. The number of fused-ring (bicyclic) bond motifs is 1. The molecule has 0 saturated carbocycles. The average Bonchev–Trinajstić information content (AvgIpc) is 2.89. The van der Waals surface area contributed by atoms with Gasteiger partial charge in [-0.25, -0.2) is 23.1 Å². The van der Waals surface area contributed by atoms with Crippen molar-refractivity contribution in [2.24, 2.45) is 0 Å². The van der Waals surface area contributed by atoms with Crippen molar-refractivity contribution in [1.29, 1.82) is 0 Å². The van der Waals surface area contributed by atoms with Crippen LogP contribution in [-0.4, -0.2) is 32.9 Å². The molecule has 38 heavy (non-hydrogen) atoms. The number of nitrogens with zero attached hydrogens (tertiary/aromatic N) is 3. The maximum atomic E-state index is 14.8. The van der Waals surface area contributed by atoms with Gasteiger partial charge in [0.2, 0.25) is 0 Å². The Labute approximate surface area is 218 Å². The van der Waals surface area contributed by atoms with Crippen molar-refractivity contribution in [3.8, 4) is 0 Å². The van der Waals surface area contributed by atoms with Crippen LogP contribution in [0.3, 0.4) is 0 Å². The molecule has 2 N–H and O–H groups in total. The van der Waals surface area contributed by atoms with Crippen LogP contribution in [0.1, 0.15) is 66.2 Å². The Hall–Kier alpha value is -3.72. The molecule has 198 valence electrons. The molecule has 1 saturated heterocycles. The van der Waals surface area contributed by atoms with E-state index >= 15 is 0 Å². The Bertz CT molecular complexity index is 1480. The first kappa shape index (κ1) is 25.9. The molecule has 0 spiro atoms. The zero-order valence-electron chi connectivity index (χ0n) is 21.3. The van der Waals surface area contributed by atoms with Gasteiger partial charge in [0, 0.05) is 17.7 Å². The van der Waals surface area contributed by atoms with Crippen LogP contribution in [-0.2, 0) is 6.54 Å². The number of alkyl halides is 2. The molecule has 1 atom stereocenters. The fourth-order valence-electron chi connectivity index (χ4n) is 5.23. The van der Waals surface area contributed by atoms with Gasteiger partial charge in [-0.1, -0.05) is 48.5 Å². The van der Waals surface area contributed by atoms with Gasteiger partial charge in [-0.2, -0.15) is 0 Å². The van der Waals surface area contributed by atoms with E-state index in [-0.39, 0.29) is 17.0 Å². The molecule has 3 heterocycles. The van der Waals surface area contributed by atoms with Gasteiger partial charge >= 0.3 is 0 Å². The molecule has 0 radical (unpaired) electrons. The van der Waals surface area contributed by atoms with Gasteiger partial charge in [-0.3, -0.25) is 9.69 Å². The molecule has 5 rings (SSSR count). The number of anilines is 1. The van der Waals surface area contributed by atoms with E-state index in [1.807, 2.05) is 24.3 Å². The highest BCUT2D eigenvalue weighted by Gasteiger charge is 2.25. The Kier molecular flexibility index (Phi) is 7.46. The lowest BCUT2D eigenvalue weighted by Crippen LogP contribution is -2.34. The van der Waals surface area contributed by atoms with E-state index in [0.29, 0.717) is 28.2 Å². The summed E-state index contributed by atoms with van der Waals surface area (Å²) in [7, 11) is 0. The number of halogens is 3. The molecule has 9 heteroatoms. The van der Waals surface area contributed by atoms with E-state index in [1.54, 1.807) is 13.8 Å². The minimum Gasteiger partial charge on any atom is -0.363 e. The van der Waals surface area contributed by atoms with Crippen LogP contribution in [0.5, 0.6) is 0 Å². The summed E-state index contributed by atoms with van der Waals surface area (Å²) < 4.78 is 41.3. The summed E-state index contributed by atoms with van der Waals surface area (Å²) in [5.74, 6) is -0.0108. The maximum absolute atomic E-state index is 14.8. The van der Waals surface area contributed by atoms with E-state index in [2.05, 4.69) is 37.3 Å². The van der Waals surface area contributed by atoms with Crippen LogP contribution < -0.4 is 10.9 Å². The number of piperidine rings is 1. The van der Waals surface area contributed by atoms with E-state index in [9.17, 15) is 18.0 Å². The molecule has 0 aliphatic carbocycles. The van der Waals surface area contributed by atoms with Crippen LogP contribution in [0, 0.1) is 12.7 Å². The Balaban J connectivity index is 1.40. The normalized spacial score (nSPS) is 15.7. The second-order valence-corrected chi connectivity index (χ2v) is 9.89. The number of likely N-dealkylation sites (tertiary alicyclic amines) is 1. The van der Waals surface area contributed by atoms with Crippen molar-refractivity contribution < 1.29 is 13.2 Å². The molecule has 0 amide bonds. The van der Waals surface area contributed by atoms with Crippen LogP contribution >= 0.6 is 0 Å². The highest BCUT2D eigenvalue weighted by Crippen LogP contribution is 2.32. The highest BCUT2D eigenvalue weighted by atomic mass is 19.3. The van der Waals surface area contributed by atoms with Gasteiger partial charge in [0.05, 0.1) is 17.0 Å². The number of aromatic nitrogens is 3. The van der Waals surface area contributed by atoms with Crippen LogP contribution in [0.15, 0.2) is 59.4 Å². The number of hydrogen-bond donors (Lipinski definition) is 2. The summed E-state index contributed by atoms with van der Waals surface area (Å²) in [5.41, 5.74) is 1.62. The molecule has 1 aliphatic rings. The number of aryl methyl sites for hydroxylation is 1. The van der Waals surface area contributed by atoms with Crippen molar-refractivity contribution in [3.05, 3.63) is 98.8 Å². The highest BCUT2D eigenvalue weighted by molar-refractivity contribution is 5.87. The molecule has 1 aliphatic heterocycles. The molecule has 0 unspecified atom stereocenters. The second-order valence-electron chi connectivity index (χ2n) is 9.89. The third-order valence-electron chi connectivity index (χ3n) is 7.24. The van der Waals surface area contributed by atoms with Crippen LogP contribution in [0.25, 0.3) is 11.0 Å². The van der Waals surface area contributed by atoms with Gasteiger partial charge in [0.1, 0.15) is 23.1 Å². The predicted octanol–water partition coefficient (Wildman–Crippen LogP) is 6.26. The maximum Gasteiger partial charge on any atom is 0.266 e. The quantitative estimate of drug-likeness (QED) is 0.301. The van der Waals surface area contributed by atoms with Crippen molar-refractivity contribution in [2.75, 3.05) is 18.4 Å². The predicted molar refractivity (Wildman–Crippen MR) is 142 cm³/mol. The van der Waals surface area contributed by atoms with E-state index < -0.39 is 23.8 Å². The Morgan fingerprint density at radius 3 is 2.47 bits per heavy atom. The summed E-state index contributed by atoms with van der Waals surface area (Å²) in [4.78, 5) is 27.2. The summed E-state index contributed by atoms with van der Waals surface area (Å²) in [5, 5.41) is 3.77. The lowest BCUT2D eigenvalue weighted by molar-refractivity contribution is 0.146. The molecule has 0 bridgehead atoms. The monoisotopic (exact) mass is 521 g/mol. The van der Waals surface area contributed by atoms with Gasteiger partial charge in [0.25, 0.3) is 12.0 Å². The standard InChI is InChI=1S/C29H30F3N5O/c1-17(21-9-6-10-22(25(21)30)26(31)32)33-27-24-15-23(29(38)36-28(24)35-18(2)34-27)20-11-13-37(14-12-20)16-19-7-4-3-5-8-19/h3-10,15,17,20,26H,11-14,16H2,1-2H3,(H2,33,34,35,36,38)/t17-/m1/s1. The minimum atomic E-state index is -2.91. The first-order valence-electron chi connectivity index (χ1n) is 12.8. The summed E-state index contributed by atoms with van der Waals surface area (Å²) in [6, 6.07) is 15.5. The van der Waals surface area contributed by atoms with E-state index in [0.717, 1.165) is 38.5 Å². The average molecular weight is 522 g/mol. The van der Waals surface area contributed by atoms with Gasteiger partial charge in [-0.05, 0) is 57.3 Å². The van der Waals surface area contributed by atoms with Gasteiger partial charge in [0.15, 0.2) is 0 Å². The topological polar surface area (TPSA) is 73.9 Å². The first-order chi connectivity index (χ1) is 18.3. The SMILES string of the molecule is Cc1nc(N[C@H](C)c2cccc(C(F)F)c2F)c2cc(C3CCN(Cc4ccccc4)CC3)c(=O)[nH]c2n1. The number of pyridine rings is 1. The number of rotatable bonds is 7. The molecule has 6 nitrogen and oxygen atoms in total. The third-order valence-corrected chi connectivity index (χ3v) is 7.24. The number of nitrogens with one attached hydrogen (secondary N) is 2. The summed E-state index contributed by atoms with van der Waals surface area (Å²) in [6.07, 6.45) is -1.21. The molecular weight excluding hydrogens is 491 g/mol. The zero-order valence-corrected chi connectivity index (χ0v) is 21.3. The molecule has 4 aromatic rings. The van der Waals surface area contributed by atoms with E-state index in [4.69, 9.17) is 0 Å². The third kappa shape index (κ3) is 5.43. The Morgan fingerprint density at radius 2 is 1.76 bits per heavy atom. The van der Waals surface area contributed by atoms with Crippen molar-refractivity contribution in [2.45, 2.75) is 51.6 Å². The number of H-pyrrole nitrogens is 1. The van der Waals surface area contributed by atoms with Crippen molar-refractivity contribution in [1.82, 2.24) is 19.9 Å². The van der Waals surface area contributed by atoms with Gasteiger partial charge in [-0.15, -0.1) is 0 Å². The fourth-order valence-corrected chi connectivity index (χ4v) is 5.23. The second kappa shape index (κ2) is 10.9. The van der Waals surface area contributed by atoms with Crippen LogP contribution in [0.2, 0.25) is 0 Å². The largest absolute Gasteiger partial charge is 0.363 e. The van der Waals surface area contributed by atoms with Gasteiger partial charge < -0.3 is 10.3 Å². The lowest BCUT2D eigenvalue weighted by atomic mass is 9.89. The van der Waals surface area contributed by atoms with Crippen molar-refractivity contribution >= 4 is 16.9 Å². The fraction of sp³-hybridized carbons (Fsp3) is 0.345. The zero-order chi connectivity index (χ0) is 26.8. The van der Waals surface area contributed by atoms with Crippen LogP contribution in [0.4, 0.5) is 19.0 Å². The minimum absolute atomic E-state index is 0.0851. The lowest BCUT2D eigenvalue weighted by Gasteiger charge is -2.32. The number of benzene rings is 2. The smallest absolute Gasteiger partial charge is 0.266 e. The number of hydrogen-bond acceptors (Lipinski definition) is 5. The summed E-state index contributed by atoms with van der Waals surface area (Å²) in [6.45, 7) is 6.02. The molecule has 2 aromatic carbocycles. The Morgan fingerprint density at radius 1 is 1.05 bits per heavy atom. The van der Waals surface area contributed by atoms with E-state index in [1.165, 1.54) is 17.7 Å². The number of aromatic amines is 1. The molecule has 2 aromatic heterocycles. The first-order valence-corrected chi connectivity index (χ1v) is 12.8.